The number of rotatable bonds is 0. The second kappa shape index (κ2) is 27.9. The predicted octanol–water partition coefficient (Wildman–Crippen LogP) is 29.3. The number of hydrogen-bond donors (Lipinski definition) is 0. The Kier molecular flexibility index (Phi) is 15.0. The fraction of sp³-hybridized carbons (Fsp3) is 0.0625. The second-order valence-corrected chi connectivity index (χ2v) is 39.4. The van der Waals surface area contributed by atoms with Crippen LogP contribution in [-0.2, 0) is 51.4 Å². The van der Waals surface area contributed by atoms with Crippen molar-refractivity contribution in [3.8, 4) is 89.0 Å². The summed E-state index contributed by atoms with van der Waals surface area (Å²) in [5.74, 6) is 0. The van der Waals surface area contributed by atoms with Crippen molar-refractivity contribution in [2.75, 3.05) is 0 Å². The number of fused-ring (bicyclic) bond motifs is 60. The molecule has 8 aliphatic carbocycles. The first-order valence-corrected chi connectivity index (χ1v) is 48.7. The average molecular weight is 1780 g/mol. The number of para-hydroxylation sites is 8. The summed E-state index contributed by atoms with van der Waals surface area (Å²) in [6.07, 6.45) is 23.6. The van der Waals surface area contributed by atoms with Crippen molar-refractivity contribution in [3.05, 3.63) is 454 Å². The van der Waals surface area contributed by atoms with Gasteiger partial charge in [0, 0.05) is 103 Å². The van der Waals surface area contributed by atoms with Gasteiger partial charge in [-0.2, -0.15) is 0 Å². The number of nitrogens with zero attached hydrogens (tertiary/aromatic N) is 12. The summed E-state index contributed by atoms with van der Waals surface area (Å²) in [6, 6.07) is 116. The van der Waals surface area contributed by atoms with Crippen LogP contribution >= 0.6 is 0 Å². The quantitative estimate of drug-likeness (QED) is 0.138. The fourth-order valence-electron chi connectivity index (χ4n) is 26.5. The van der Waals surface area contributed by atoms with Crippen molar-refractivity contribution in [2.24, 2.45) is 0 Å². The van der Waals surface area contributed by atoms with E-state index < -0.39 is 0 Å². The van der Waals surface area contributed by atoms with E-state index in [1.807, 2.05) is 49.6 Å². The Hall–Kier alpha value is -18.0. The third-order valence-corrected chi connectivity index (χ3v) is 32.4. The zero-order valence-corrected chi connectivity index (χ0v) is 75.7. The summed E-state index contributed by atoms with van der Waals surface area (Å²) in [5, 5.41) is 14.6. The molecule has 0 amide bonds. The Balaban J connectivity index is 0.0000000829. The third-order valence-electron chi connectivity index (χ3n) is 32.4. The van der Waals surface area contributed by atoms with E-state index in [0.717, 1.165) is 140 Å². The molecule has 12 heterocycles. The average Bonchev–Trinajstić information content (AvgIpc) is 1.52. The van der Waals surface area contributed by atoms with Crippen molar-refractivity contribution in [1.29, 1.82) is 0 Å². The highest BCUT2D eigenvalue weighted by Crippen LogP contribution is 2.56. The molecule has 0 N–H and O–H groups in total. The Labute approximate surface area is 799 Å². The van der Waals surface area contributed by atoms with Crippen LogP contribution in [0.2, 0.25) is 0 Å². The molecule has 0 radical (unpaired) electrons. The van der Waals surface area contributed by atoms with Gasteiger partial charge in [-0.3, -0.25) is 37.5 Å². The molecule has 0 fully saturated rings. The van der Waals surface area contributed by atoms with Crippen LogP contribution < -0.4 is 0 Å². The van der Waals surface area contributed by atoms with Gasteiger partial charge in [-0.1, -0.05) is 188 Å². The van der Waals surface area contributed by atoms with Crippen LogP contribution in [0.5, 0.6) is 0 Å². The lowest BCUT2D eigenvalue weighted by Gasteiger charge is -2.13. The summed E-state index contributed by atoms with van der Waals surface area (Å²) in [6.45, 7) is 0. The molecule has 12 heteroatoms. The van der Waals surface area contributed by atoms with Crippen molar-refractivity contribution in [2.45, 2.75) is 51.4 Å². The lowest BCUT2D eigenvalue weighted by Crippen LogP contribution is -1.95. The molecule has 36 rings (SSSR count). The number of pyridine rings is 8. The van der Waals surface area contributed by atoms with E-state index in [2.05, 4.69) is 353 Å². The molecule has 140 heavy (non-hydrogen) atoms. The van der Waals surface area contributed by atoms with Crippen LogP contribution in [-0.4, -0.2) is 57.5 Å². The molecular weight excluding hydrogens is 1710 g/mol. The maximum absolute atomic E-state index is 5.11. The van der Waals surface area contributed by atoms with E-state index in [-0.39, 0.29) is 0 Å². The lowest BCUT2D eigenvalue weighted by atomic mass is 9.92. The van der Waals surface area contributed by atoms with Crippen LogP contribution in [0.4, 0.5) is 0 Å². The highest BCUT2D eigenvalue weighted by Gasteiger charge is 2.36. The Morgan fingerprint density at radius 3 is 0.993 bits per heavy atom. The SMILES string of the molecule is c1ccc2c(c1)Cc1cc3c(cc1-2)-c1ccc2c(c1C3)c1cnccc1n1c3ccccc3nc21.c1ccc2c(c1)Cc1cc3c(cc1-2)Cc1cc2c4cnccc4n4c5ccccc5nc4c2cc1-3.c1ccc2c(c1)Cc1ccc3c(c1-2)-c1ccc2c(c1C3)c1cnccc1n1c3ccccc3nc21.c1ccc2c(c1)Cc1ccc3c(c1-2)Cc1cc2c4cnccc4n4c5ccccc5nc4c2cc1-3. The predicted molar refractivity (Wildman–Crippen MR) is 568 cm³/mol. The lowest BCUT2D eigenvalue weighted by molar-refractivity contribution is 1.22. The Bertz CT molecular complexity index is 10700. The van der Waals surface area contributed by atoms with E-state index in [0.29, 0.717) is 0 Å². The molecule has 28 aromatic rings. The molecule has 0 spiro atoms. The zero-order valence-electron chi connectivity index (χ0n) is 75.7. The van der Waals surface area contributed by atoms with Crippen molar-refractivity contribution in [3.63, 3.8) is 0 Å². The van der Waals surface area contributed by atoms with E-state index in [1.165, 1.54) is 243 Å². The smallest absolute Gasteiger partial charge is 0.146 e. The standard InChI is InChI=1S/4C32H19N3/c1-2-6-22-18(5-1)11-19-14-24-20(13-23(19)22)12-21-15-26-27(16-25(21)24)32-34-29-7-3-4-8-31(29)35(32)30-9-10-33-17-28(26)30;1-2-6-21-18(5-1)13-19-14-20-15-26-22(25(20)16-24(19)21)9-10-23-31(26)27-17-33-12-11-29(27)35-30-8-4-3-7-28(30)34-32(23)35;1-2-6-21-18(5-1)13-19-9-10-22-23-16-26-24(14-20(23)15-25(22)31(19)21)27-17-33-12-11-29(27)35-30-8-4-3-7-28(30)34-32(26)35;1-2-6-21-18(5-1)15-19-9-10-20-16-24-22(30(20)29(19)21)11-12-23-31(24)25-17-33-14-13-27(25)35-28-8-4-3-7-26(28)34-32(23)35/h1-10,13-17H,11-12H2;2*1-12,14,16-17H,13,15H2;1-14,17H,15-16H2. The van der Waals surface area contributed by atoms with E-state index in [4.69, 9.17) is 19.9 Å². The van der Waals surface area contributed by atoms with Gasteiger partial charge in [0.1, 0.15) is 22.6 Å². The van der Waals surface area contributed by atoms with Gasteiger partial charge >= 0.3 is 0 Å². The van der Waals surface area contributed by atoms with E-state index in [9.17, 15) is 0 Å². The number of hydrogen-bond acceptors (Lipinski definition) is 8. The first kappa shape index (κ1) is 75.3. The minimum absolute atomic E-state index is 0.942. The van der Waals surface area contributed by atoms with Crippen LogP contribution in [0.15, 0.2) is 365 Å². The molecule has 8 aliphatic rings. The molecule has 0 saturated carbocycles. The van der Waals surface area contributed by atoms with Gasteiger partial charge in [0.25, 0.3) is 0 Å². The highest BCUT2D eigenvalue weighted by atomic mass is 15.0. The molecular formula is C128H76N12. The summed E-state index contributed by atoms with van der Waals surface area (Å²) in [5.41, 5.74) is 62.6. The molecule has 0 unspecified atom stereocenters. The molecule has 648 valence electrons. The summed E-state index contributed by atoms with van der Waals surface area (Å²) in [4.78, 5) is 38.5. The molecule has 0 atom stereocenters. The molecule has 12 aromatic heterocycles. The van der Waals surface area contributed by atoms with Crippen molar-refractivity contribution in [1.82, 2.24) is 57.5 Å². The molecule has 16 aromatic carbocycles. The van der Waals surface area contributed by atoms with Gasteiger partial charge in [-0.25, -0.2) is 19.9 Å². The van der Waals surface area contributed by atoms with Crippen LogP contribution in [0.1, 0.15) is 89.0 Å². The monoisotopic (exact) mass is 1780 g/mol. The first-order chi connectivity index (χ1) is 69.4. The van der Waals surface area contributed by atoms with Crippen LogP contribution in [0.25, 0.3) is 242 Å². The second-order valence-electron chi connectivity index (χ2n) is 39.4. The van der Waals surface area contributed by atoms with Gasteiger partial charge in [0.2, 0.25) is 0 Å². The zero-order chi connectivity index (χ0) is 90.7. The van der Waals surface area contributed by atoms with Gasteiger partial charge in [-0.15, -0.1) is 0 Å². The summed E-state index contributed by atoms with van der Waals surface area (Å²) < 4.78 is 9.21. The third kappa shape index (κ3) is 10.3. The van der Waals surface area contributed by atoms with Crippen LogP contribution in [0.3, 0.4) is 0 Å². The van der Waals surface area contributed by atoms with Gasteiger partial charge < -0.3 is 0 Å². The Morgan fingerprint density at radius 1 is 0.164 bits per heavy atom. The van der Waals surface area contributed by atoms with Crippen molar-refractivity contribution >= 4 is 153 Å². The Morgan fingerprint density at radius 2 is 0.471 bits per heavy atom. The van der Waals surface area contributed by atoms with Crippen molar-refractivity contribution < 1.29 is 0 Å². The van der Waals surface area contributed by atoms with Gasteiger partial charge in [0.05, 0.1) is 66.2 Å². The summed E-state index contributed by atoms with van der Waals surface area (Å²) >= 11 is 0. The fourth-order valence-corrected chi connectivity index (χ4v) is 26.5. The molecule has 0 saturated heterocycles. The number of imidazole rings is 4. The van der Waals surface area contributed by atoms with E-state index >= 15 is 0 Å². The highest BCUT2D eigenvalue weighted by molar-refractivity contribution is 6.22. The minimum atomic E-state index is 0.942. The normalized spacial score (nSPS) is 13.5. The van der Waals surface area contributed by atoms with E-state index in [1.54, 1.807) is 0 Å². The summed E-state index contributed by atoms with van der Waals surface area (Å²) in [7, 11) is 0. The maximum Gasteiger partial charge on any atom is 0.146 e. The first-order valence-electron chi connectivity index (χ1n) is 48.7. The van der Waals surface area contributed by atoms with Crippen LogP contribution in [0, 0.1) is 0 Å². The number of aromatic nitrogens is 12. The van der Waals surface area contributed by atoms with Gasteiger partial charge in [0.15, 0.2) is 0 Å². The maximum atomic E-state index is 5.11. The minimum Gasteiger partial charge on any atom is -0.292 e. The molecule has 12 nitrogen and oxygen atoms in total. The topological polar surface area (TPSA) is 121 Å². The van der Waals surface area contributed by atoms with Gasteiger partial charge in [-0.05, 0) is 368 Å². The number of benzene rings is 16. The molecule has 0 aliphatic heterocycles. The largest absolute Gasteiger partial charge is 0.292 e. The molecule has 0 bridgehead atoms.